The largest absolute Gasteiger partial charge is 0.454 e. The number of aryl methyl sites for hydroxylation is 2. The first-order valence-corrected chi connectivity index (χ1v) is 11.9. The molecule has 0 bridgehead atoms. The molecule has 1 saturated heterocycles. The smallest absolute Gasteiger partial charge is 0.311 e. The van der Waals surface area contributed by atoms with E-state index in [2.05, 4.69) is 28.4 Å². The predicted molar refractivity (Wildman–Crippen MR) is 124 cm³/mol. The number of hydrogen-bond acceptors (Lipinski definition) is 5. The van der Waals surface area contributed by atoms with Crippen molar-refractivity contribution in [3.05, 3.63) is 58.7 Å². The van der Waals surface area contributed by atoms with Gasteiger partial charge in [0, 0.05) is 32.7 Å². The Balaban J connectivity index is 1.12. The van der Waals surface area contributed by atoms with E-state index in [1.54, 1.807) is 4.90 Å². The van der Waals surface area contributed by atoms with Gasteiger partial charge in [0.25, 0.3) is 0 Å². The van der Waals surface area contributed by atoms with E-state index >= 15 is 0 Å². The van der Waals surface area contributed by atoms with Crippen LogP contribution < -0.4 is 14.8 Å². The van der Waals surface area contributed by atoms with Crippen LogP contribution in [0, 0.1) is 0 Å². The Kier molecular flexibility index (Phi) is 6.22. The van der Waals surface area contributed by atoms with Gasteiger partial charge in [0.2, 0.25) is 6.79 Å². The second kappa shape index (κ2) is 9.43. The van der Waals surface area contributed by atoms with Crippen LogP contribution in [-0.4, -0.2) is 54.6 Å². The molecule has 2 aromatic carbocycles. The van der Waals surface area contributed by atoms with Crippen LogP contribution in [-0.2, 0) is 29.0 Å². The minimum atomic E-state index is -0.524. The van der Waals surface area contributed by atoms with Crippen LogP contribution in [0.4, 0.5) is 0 Å². The summed E-state index contributed by atoms with van der Waals surface area (Å²) in [6, 6.07) is 12.2. The van der Waals surface area contributed by atoms with E-state index in [0.29, 0.717) is 13.1 Å². The summed E-state index contributed by atoms with van der Waals surface area (Å²) in [5.41, 5.74) is 5.00. The van der Waals surface area contributed by atoms with Crippen LogP contribution in [0.1, 0.15) is 48.1 Å². The van der Waals surface area contributed by atoms with Gasteiger partial charge in [-0.2, -0.15) is 0 Å². The first kappa shape index (κ1) is 21.8. The molecule has 33 heavy (non-hydrogen) atoms. The number of amides is 2. The molecule has 2 amide bonds. The van der Waals surface area contributed by atoms with Crippen molar-refractivity contribution in [2.45, 2.75) is 45.2 Å². The van der Waals surface area contributed by atoms with Crippen LogP contribution >= 0.6 is 0 Å². The van der Waals surface area contributed by atoms with Crippen LogP contribution in [0.25, 0.3) is 0 Å². The first-order chi connectivity index (χ1) is 16.1. The van der Waals surface area contributed by atoms with Crippen LogP contribution in [0.5, 0.6) is 11.5 Å². The van der Waals surface area contributed by atoms with E-state index in [1.807, 2.05) is 25.1 Å². The number of hydrogen-bond donors (Lipinski definition) is 1. The molecule has 0 spiro atoms. The number of ether oxygens (including phenoxy) is 2. The van der Waals surface area contributed by atoms with Crippen molar-refractivity contribution >= 4 is 11.8 Å². The maximum atomic E-state index is 12.8. The number of piperazine rings is 1. The number of carbonyl (C=O) groups excluding carboxylic acids is 2. The molecule has 0 saturated carbocycles. The molecule has 7 nitrogen and oxygen atoms in total. The molecule has 0 radical (unpaired) electrons. The zero-order valence-corrected chi connectivity index (χ0v) is 19.1. The number of carbonyl (C=O) groups is 2. The van der Waals surface area contributed by atoms with E-state index in [4.69, 9.17) is 9.47 Å². The SMILES string of the molecule is CC(NC(=O)C(=O)N1CCN(Cc2ccc3c(c2)OCO3)CC1)c1ccc2c(c1)CCCC2. The molecule has 174 valence electrons. The highest BCUT2D eigenvalue weighted by molar-refractivity contribution is 6.35. The molecule has 2 heterocycles. The lowest BCUT2D eigenvalue weighted by Crippen LogP contribution is -2.52. The Labute approximate surface area is 194 Å². The molecule has 0 aromatic heterocycles. The second-order valence-corrected chi connectivity index (χ2v) is 9.19. The van der Waals surface area contributed by atoms with Gasteiger partial charge in [-0.15, -0.1) is 0 Å². The zero-order chi connectivity index (χ0) is 22.8. The topological polar surface area (TPSA) is 71.1 Å². The van der Waals surface area contributed by atoms with E-state index in [9.17, 15) is 9.59 Å². The lowest BCUT2D eigenvalue weighted by molar-refractivity contribution is -0.147. The normalized spacial score (nSPS) is 18.5. The third-order valence-corrected chi connectivity index (χ3v) is 6.92. The fraction of sp³-hybridized carbons (Fsp3) is 0.462. The highest BCUT2D eigenvalue weighted by Crippen LogP contribution is 2.33. The molecule has 7 heteroatoms. The summed E-state index contributed by atoms with van der Waals surface area (Å²) in [6.45, 7) is 5.54. The van der Waals surface area contributed by atoms with Gasteiger partial charge in [-0.25, -0.2) is 0 Å². The van der Waals surface area contributed by atoms with E-state index in [-0.39, 0.29) is 12.8 Å². The molecular formula is C26H31N3O4. The second-order valence-electron chi connectivity index (χ2n) is 9.19. The van der Waals surface area contributed by atoms with Crippen LogP contribution in [0.15, 0.2) is 36.4 Å². The van der Waals surface area contributed by atoms with Gasteiger partial charge in [0.1, 0.15) is 0 Å². The number of nitrogens with zero attached hydrogens (tertiary/aromatic N) is 2. The highest BCUT2D eigenvalue weighted by atomic mass is 16.7. The zero-order valence-electron chi connectivity index (χ0n) is 19.1. The van der Waals surface area contributed by atoms with Gasteiger partial charge in [0.15, 0.2) is 11.5 Å². The molecular weight excluding hydrogens is 418 g/mol. The standard InChI is InChI=1S/C26H31N3O4/c1-18(21-8-7-20-4-2-3-5-22(20)15-21)27-25(30)26(31)29-12-10-28(11-13-29)16-19-6-9-23-24(14-19)33-17-32-23/h6-9,14-15,18H,2-5,10-13,16-17H2,1H3,(H,27,30). The molecule has 2 aromatic rings. The van der Waals surface area contributed by atoms with Gasteiger partial charge in [-0.3, -0.25) is 14.5 Å². The summed E-state index contributed by atoms with van der Waals surface area (Å²) in [4.78, 5) is 29.4. The Morgan fingerprint density at radius 3 is 2.52 bits per heavy atom. The number of benzene rings is 2. The average molecular weight is 450 g/mol. The molecule has 2 aliphatic heterocycles. The summed E-state index contributed by atoms with van der Waals surface area (Å²) in [6.07, 6.45) is 4.70. The van der Waals surface area contributed by atoms with Gasteiger partial charge in [-0.05, 0) is 67.0 Å². The lowest BCUT2D eigenvalue weighted by atomic mass is 9.89. The van der Waals surface area contributed by atoms with Crippen molar-refractivity contribution in [1.29, 1.82) is 0 Å². The van der Waals surface area contributed by atoms with Crippen molar-refractivity contribution in [3.8, 4) is 11.5 Å². The van der Waals surface area contributed by atoms with Crippen molar-refractivity contribution in [2.24, 2.45) is 0 Å². The minimum Gasteiger partial charge on any atom is -0.454 e. The summed E-state index contributed by atoms with van der Waals surface area (Å²) >= 11 is 0. The quantitative estimate of drug-likeness (QED) is 0.727. The van der Waals surface area contributed by atoms with Crippen LogP contribution in [0.2, 0.25) is 0 Å². The third kappa shape index (κ3) is 4.83. The summed E-state index contributed by atoms with van der Waals surface area (Å²) in [5, 5.41) is 2.91. The summed E-state index contributed by atoms with van der Waals surface area (Å²) in [7, 11) is 0. The molecule has 5 rings (SSSR count). The number of rotatable bonds is 4. The first-order valence-electron chi connectivity index (χ1n) is 11.9. The monoisotopic (exact) mass is 449 g/mol. The summed E-state index contributed by atoms with van der Waals surface area (Å²) in [5.74, 6) is 0.600. The minimum absolute atomic E-state index is 0.194. The van der Waals surface area contributed by atoms with Gasteiger partial charge < -0.3 is 19.7 Å². The Morgan fingerprint density at radius 2 is 1.70 bits per heavy atom. The molecule has 1 unspecified atom stereocenters. The summed E-state index contributed by atoms with van der Waals surface area (Å²) < 4.78 is 10.8. The fourth-order valence-corrected chi connectivity index (χ4v) is 4.91. The molecule has 1 atom stereocenters. The van der Waals surface area contributed by atoms with E-state index in [1.165, 1.54) is 24.0 Å². The highest BCUT2D eigenvalue weighted by Gasteiger charge is 2.27. The third-order valence-electron chi connectivity index (χ3n) is 6.92. The number of fused-ring (bicyclic) bond motifs is 2. The maximum Gasteiger partial charge on any atom is 0.311 e. The molecule has 1 aliphatic carbocycles. The predicted octanol–water partition coefficient (Wildman–Crippen LogP) is 2.82. The molecule has 1 fully saturated rings. The molecule has 1 N–H and O–H groups in total. The van der Waals surface area contributed by atoms with Gasteiger partial charge in [0.05, 0.1) is 6.04 Å². The van der Waals surface area contributed by atoms with Crippen molar-refractivity contribution in [1.82, 2.24) is 15.1 Å². The van der Waals surface area contributed by atoms with E-state index in [0.717, 1.165) is 55.1 Å². The Morgan fingerprint density at radius 1 is 0.939 bits per heavy atom. The number of nitrogens with one attached hydrogen (secondary N) is 1. The van der Waals surface area contributed by atoms with E-state index < -0.39 is 11.8 Å². The average Bonchev–Trinajstić information content (AvgIpc) is 3.31. The van der Waals surface area contributed by atoms with Crippen molar-refractivity contribution in [2.75, 3.05) is 33.0 Å². The fourth-order valence-electron chi connectivity index (χ4n) is 4.91. The van der Waals surface area contributed by atoms with Crippen molar-refractivity contribution in [3.63, 3.8) is 0 Å². The van der Waals surface area contributed by atoms with Crippen molar-refractivity contribution < 1.29 is 19.1 Å². The van der Waals surface area contributed by atoms with Gasteiger partial charge >= 0.3 is 11.8 Å². The van der Waals surface area contributed by atoms with Gasteiger partial charge in [-0.1, -0.05) is 24.3 Å². The lowest BCUT2D eigenvalue weighted by Gasteiger charge is -2.34. The molecule has 3 aliphatic rings. The Hall–Kier alpha value is -3.06. The van der Waals surface area contributed by atoms with Crippen LogP contribution in [0.3, 0.4) is 0 Å². The maximum absolute atomic E-state index is 12.8. The Bertz CT molecular complexity index is 1050.